The number of benzene rings is 2. The molecule has 0 unspecified atom stereocenters. The van der Waals surface area contributed by atoms with Gasteiger partial charge >= 0.3 is 0 Å². The second-order valence-electron chi connectivity index (χ2n) is 5.62. The highest BCUT2D eigenvalue weighted by atomic mass is 16.1. The van der Waals surface area contributed by atoms with E-state index in [4.69, 9.17) is 0 Å². The van der Waals surface area contributed by atoms with E-state index in [1.165, 1.54) is 11.0 Å². The number of carbonyl (C=O) groups excluding carboxylic acids is 1. The first-order valence-corrected chi connectivity index (χ1v) is 8.00. The maximum Gasteiger partial charge on any atom is 0.253 e. The predicted molar refractivity (Wildman–Crippen MR) is 94.3 cm³/mol. The minimum atomic E-state index is -0.186. The topological polar surface area (TPSA) is 101 Å². The average molecular weight is 345 g/mol. The first-order chi connectivity index (χ1) is 12.8. The van der Waals surface area contributed by atoms with Gasteiger partial charge in [-0.3, -0.25) is 9.89 Å². The third-order valence-electron chi connectivity index (χ3n) is 3.96. The number of carbonyl (C=O) groups is 1. The molecule has 2 aromatic carbocycles. The molecule has 0 atom stereocenters. The highest BCUT2D eigenvalue weighted by molar-refractivity contribution is 5.97. The van der Waals surface area contributed by atoms with Crippen molar-refractivity contribution in [2.75, 3.05) is 0 Å². The van der Waals surface area contributed by atoms with Crippen molar-refractivity contribution in [2.45, 2.75) is 6.54 Å². The van der Waals surface area contributed by atoms with E-state index in [1.54, 1.807) is 18.3 Å². The molecule has 2 N–H and O–H groups in total. The minimum Gasteiger partial charge on any atom is -0.348 e. The normalized spacial score (nSPS) is 10.6. The number of aromatic nitrogens is 6. The lowest BCUT2D eigenvalue weighted by Crippen LogP contribution is -2.24. The number of amides is 1. The Morgan fingerprint density at radius 2 is 1.92 bits per heavy atom. The zero-order valence-electron chi connectivity index (χ0n) is 13.7. The van der Waals surface area contributed by atoms with E-state index in [2.05, 4.69) is 31.0 Å². The zero-order valence-corrected chi connectivity index (χ0v) is 13.7. The fourth-order valence-corrected chi connectivity index (χ4v) is 2.63. The van der Waals surface area contributed by atoms with Gasteiger partial charge in [0, 0.05) is 12.7 Å². The molecule has 0 radical (unpaired) electrons. The number of hydrogen-bond acceptors (Lipinski definition) is 5. The first-order valence-electron chi connectivity index (χ1n) is 8.00. The molecule has 0 saturated heterocycles. The van der Waals surface area contributed by atoms with Crippen molar-refractivity contribution < 1.29 is 4.79 Å². The molecule has 128 valence electrons. The molecule has 0 saturated carbocycles. The van der Waals surface area contributed by atoms with E-state index in [0.29, 0.717) is 17.8 Å². The standard InChI is InChI=1S/C18H15N7O/c26-18(15-3-1-2-4-17(15)25-12-21-23-24-25)19-11-13-5-7-14(8-6-13)16-9-10-20-22-16/h1-10,12H,11H2,(H,19,26)(H,20,22). The fraction of sp³-hybridized carbons (Fsp3) is 0.0556. The molecule has 8 heteroatoms. The van der Waals surface area contributed by atoms with Crippen molar-refractivity contribution in [1.82, 2.24) is 35.7 Å². The van der Waals surface area contributed by atoms with Crippen LogP contribution in [0.2, 0.25) is 0 Å². The largest absolute Gasteiger partial charge is 0.348 e. The number of nitrogens with one attached hydrogen (secondary N) is 2. The third kappa shape index (κ3) is 3.20. The van der Waals surface area contributed by atoms with Gasteiger partial charge in [-0.1, -0.05) is 36.4 Å². The Labute approximate surface area is 148 Å². The molecular weight excluding hydrogens is 330 g/mol. The Balaban J connectivity index is 1.46. The second-order valence-corrected chi connectivity index (χ2v) is 5.62. The fourth-order valence-electron chi connectivity index (χ4n) is 2.63. The van der Waals surface area contributed by atoms with Crippen molar-refractivity contribution in [2.24, 2.45) is 0 Å². The van der Waals surface area contributed by atoms with Crippen LogP contribution in [-0.4, -0.2) is 36.3 Å². The van der Waals surface area contributed by atoms with Crippen LogP contribution in [0.1, 0.15) is 15.9 Å². The van der Waals surface area contributed by atoms with Crippen LogP contribution in [0, 0.1) is 0 Å². The molecule has 4 aromatic rings. The summed E-state index contributed by atoms with van der Waals surface area (Å²) in [6.07, 6.45) is 3.17. The van der Waals surface area contributed by atoms with E-state index < -0.39 is 0 Å². The van der Waals surface area contributed by atoms with Gasteiger partial charge in [-0.25, -0.2) is 0 Å². The molecule has 0 aliphatic rings. The lowest BCUT2D eigenvalue weighted by molar-refractivity contribution is 0.0950. The molecule has 2 aromatic heterocycles. The Bertz CT molecular complexity index is 992. The average Bonchev–Trinajstić information content (AvgIpc) is 3.40. The van der Waals surface area contributed by atoms with Crippen LogP contribution < -0.4 is 5.32 Å². The van der Waals surface area contributed by atoms with E-state index in [9.17, 15) is 4.79 Å². The Hall–Kier alpha value is -3.81. The van der Waals surface area contributed by atoms with Gasteiger partial charge in [-0.05, 0) is 39.8 Å². The van der Waals surface area contributed by atoms with E-state index in [0.717, 1.165) is 16.8 Å². The van der Waals surface area contributed by atoms with Crippen molar-refractivity contribution >= 4 is 5.91 Å². The van der Waals surface area contributed by atoms with E-state index in [1.807, 2.05) is 42.5 Å². The van der Waals surface area contributed by atoms with Gasteiger partial charge in [0.25, 0.3) is 5.91 Å². The molecule has 0 bridgehead atoms. The molecule has 0 aliphatic carbocycles. The van der Waals surface area contributed by atoms with Gasteiger partial charge in [-0.2, -0.15) is 9.78 Å². The number of nitrogens with zero attached hydrogens (tertiary/aromatic N) is 5. The van der Waals surface area contributed by atoms with Crippen LogP contribution in [-0.2, 0) is 6.54 Å². The SMILES string of the molecule is O=C(NCc1ccc(-c2ccn[nH]2)cc1)c1ccccc1-n1cnnn1. The first kappa shape index (κ1) is 15.7. The van der Waals surface area contributed by atoms with Gasteiger partial charge in [-0.15, -0.1) is 5.10 Å². The summed E-state index contributed by atoms with van der Waals surface area (Å²) in [7, 11) is 0. The number of hydrogen-bond donors (Lipinski definition) is 2. The summed E-state index contributed by atoms with van der Waals surface area (Å²) in [5.74, 6) is -0.186. The van der Waals surface area contributed by atoms with Crippen LogP contribution in [0.5, 0.6) is 0 Å². The van der Waals surface area contributed by atoms with E-state index in [-0.39, 0.29) is 5.91 Å². The highest BCUT2D eigenvalue weighted by Gasteiger charge is 2.13. The maximum absolute atomic E-state index is 12.6. The van der Waals surface area contributed by atoms with Crippen molar-refractivity contribution in [3.05, 3.63) is 78.2 Å². The molecule has 0 fully saturated rings. The second kappa shape index (κ2) is 6.98. The summed E-state index contributed by atoms with van der Waals surface area (Å²) in [5.41, 5.74) is 4.14. The number of rotatable bonds is 5. The summed E-state index contributed by atoms with van der Waals surface area (Å²) in [6, 6.07) is 17.0. The third-order valence-corrected chi connectivity index (χ3v) is 3.96. The summed E-state index contributed by atoms with van der Waals surface area (Å²) in [5, 5.41) is 20.9. The highest BCUT2D eigenvalue weighted by Crippen LogP contribution is 2.17. The summed E-state index contributed by atoms with van der Waals surface area (Å²) in [4.78, 5) is 12.6. The number of H-pyrrole nitrogens is 1. The van der Waals surface area contributed by atoms with Crippen molar-refractivity contribution in [3.8, 4) is 16.9 Å². The van der Waals surface area contributed by atoms with Crippen LogP contribution >= 0.6 is 0 Å². The van der Waals surface area contributed by atoms with Gasteiger partial charge in [0.1, 0.15) is 6.33 Å². The molecule has 0 aliphatic heterocycles. The predicted octanol–water partition coefficient (Wildman–Crippen LogP) is 1.98. The van der Waals surface area contributed by atoms with Crippen LogP contribution in [0.4, 0.5) is 0 Å². The molecule has 4 rings (SSSR count). The molecule has 2 heterocycles. The quantitative estimate of drug-likeness (QED) is 0.576. The lowest BCUT2D eigenvalue weighted by Gasteiger charge is -2.09. The number of tetrazole rings is 1. The molecular formula is C18H15N7O. The van der Waals surface area contributed by atoms with Gasteiger partial charge in [0.2, 0.25) is 0 Å². The van der Waals surface area contributed by atoms with Gasteiger partial charge in [0.15, 0.2) is 0 Å². The van der Waals surface area contributed by atoms with Crippen LogP contribution in [0.3, 0.4) is 0 Å². The molecule has 0 spiro atoms. The minimum absolute atomic E-state index is 0.186. The Morgan fingerprint density at radius 1 is 1.08 bits per heavy atom. The van der Waals surface area contributed by atoms with Gasteiger partial charge < -0.3 is 5.32 Å². The molecule has 1 amide bonds. The van der Waals surface area contributed by atoms with E-state index >= 15 is 0 Å². The van der Waals surface area contributed by atoms with Crippen LogP contribution in [0.15, 0.2) is 67.1 Å². The summed E-state index contributed by atoms with van der Waals surface area (Å²) < 4.78 is 1.47. The lowest BCUT2D eigenvalue weighted by atomic mass is 10.1. The van der Waals surface area contributed by atoms with Crippen molar-refractivity contribution in [3.63, 3.8) is 0 Å². The van der Waals surface area contributed by atoms with Crippen molar-refractivity contribution in [1.29, 1.82) is 0 Å². The number of para-hydroxylation sites is 1. The molecule has 8 nitrogen and oxygen atoms in total. The van der Waals surface area contributed by atoms with Crippen LogP contribution in [0.25, 0.3) is 16.9 Å². The maximum atomic E-state index is 12.6. The monoisotopic (exact) mass is 345 g/mol. The zero-order chi connectivity index (χ0) is 17.8. The molecule has 26 heavy (non-hydrogen) atoms. The summed E-state index contributed by atoms with van der Waals surface area (Å²) >= 11 is 0. The number of aromatic amines is 1. The van der Waals surface area contributed by atoms with Gasteiger partial charge in [0.05, 0.1) is 16.9 Å². The summed E-state index contributed by atoms with van der Waals surface area (Å²) in [6.45, 7) is 0.423. The Morgan fingerprint density at radius 3 is 2.65 bits per heavy atom. The smallest absolute Gasteiger partial charge is 0.253 e. The Kier molecular flexibility index (Phi) is 4.21.